The number of carbonyl (C=O) groups is 2. The lowest BCUT2D eigenvalue weighted by Crippen LogP contribution is -2.59. The molecule has 4 aliphatic heterocycles. The molecule has 4 saturated heterocycles. The molecule has 0 aliphatic carbocycles. The molecule has 4 aliphatic rings. The highest BCUT2D eigenvalue weighted by Crippen LogP contribution is 2.52. The lowest BCUT2D eigenvalue weighted by molar-refractivity contribution is -0.177. The van der Waals surface area contributed by atoms with Crippen LogP contribution in [-0.4, -0.2) is 91.7 Å². The summed E-state index contributed by atoms with van der Waals surface area (Å²) in [5.41, 5.74) is 4.05. The molecule has 1 atom stereocenters. The second-order valence-electron chi connectivity index (χ2n) is 16.7. The third-order valence-corrected chi connectivity index (χ3v) is 13.1. The summed E-state index contributed by atoms with van der Waals surface area (Å²) in [6.07, 6.45) is 8.44. The number of piperidine rings is 3. The van der Waals surface area contributed by atoms with Crippen LogP contribution in [0.5, 0.6) is 11.5 Å². The van der Waals surface area contributed by atoms with Gasteiger partial charge in [0.15, 0.2) is 0 Å². The fraction of sp³-hybridized carbons (Fsp3) is 0.511. The van der Waals surface area contributed by atoms with E-state index in [4.69, 9.17) is 9.47 Å². The van der Waals surface area contributed by atoms with E-state index in [1.165, 1.54) is 0 Å². The monoisotopic (exact) mass is 811 g/mol. The van der Waals surface area contributed by atoms with Gasteiger partial charge in [0.2, 0.25) is 11.8 Å². The van der Waals surface area contributed by atoms with Crippen molar-refractivity contribution < 1.29 is 27.8 Å². The van der Waals surface area contributed by atoms with E-state index in [0.717, 1.165) is 83.6 Å². The summed E-state index contributed by atoms with van der Waals surface area (Å²) < 4.78 is 46.1. The lowest BCUT2D eigenvalue weighted by atomic mass is 9.69. The van der Waals surface area contributed by atoms with Gasteiger partial charge in [-0.15, -0.1) is 0 Å². The quantitative estimate of drug-likeness (QED) is 0.153. The second-order valence-corrected chi connectivity index (χ2v) is 16.7. The molecule has 4 aromatic rings. The van der Waals surface area contributed by atoms with Gasteiger partial charge in [-0.2, -0.15) is 0 Å². The highest BCUT2D eigenvalue weighted by atomic mass is 19.3. The molecule has 6 heterocycles. The van der Waals surface area contributed by atoms with Gasteiger partial charge in [-0.1, -0.05) is 19.4 Å². The first-order valence-electron chi connectivity index (χ1n) is 21.0. The number of hydrogen-bond donors (Lipinski definition) is 2. The van der Waals surface area contributed by atoms with E-state index in [0.29, 0.717) is 55.8 Å². The van der Waals surface area contributed by atoms with E-state index in [1.807, 2.05) is 36.5 Å². The maximum Gasteiger partial charge on any atom is 0.259 e. The van der Waals surface area contributed by atoms with Crippen molar-refractivity contribution in [3.8, 4) is 22.6 Å². The van der Waals surface area contributed by atoms with Crippen LogP contribution in [0.3, 0.4) is 0 Å². The zero-order valence-corrected chi connectivity index (χ0v) is 34.5. The number of amides is 2. The number of alkyl halides is 2. The van der Waals surface area contributed by atoms with Crippen molar-refractivity contribution in [3.63, 3.8) is 0 Å². The number of carbonyl (C=O) groups excluding carboxylic acids is 2. The zero-order valence-electron chi connectivity index (χ0n) is 34.5. The van der Waals surface area contributed by atoms with Crippen LogP contribution in [0, 0.1) is 5.41 Å². The van der Waals surface area contributed by atoms with E-state index in [2.05, 4.69) is 43.3 Å². The molecule has 2 aromatic carbocycles. The first kappa shape index (κ1) is 40.5. The topological polar surface area (TPSA) is 121 Å². The van der Waals surface area contributed by atoms with Crippen LogP contribution in [0.15, 0.2) is 53.6 Å². The predicted octanol–water partition coefficient (Wildman–Crippen LogP) is 6.52. The normalized spacial score (nSPS) is 20.4. The Bertz CT molecular complexity index is 2280. The number of anilines is 3. The van der Waals surface area contributed by atoms with E-state index in [-0.39, 0.29) is 43.3 Å². The molecule has 2 amide bonds. The fourth-order valence-electron chi connectivity index (χ4n) is 9.48. The SMILES string of the molecule is CCCCc1c(NC2CCC(=O)NC2=O)cccc1N1CCC2(CC1)CN(Cc1c(OC)cc(-c3cn(C)c(=O)c4cnc(N5CCC5)cc34)cc1OC)CCC2(F)F. The Morgan fingerprint density at radius 3 is 2.34 bits per heavy atom. The Morgan fingerprint density at radius 2 is 1.68 bits per heavy atom. The van der Waals surface area contributed by atoms with E-state index in [9.17, 15) is 14.4 Å². The number of benzene rings is 2. The average Bonchev–Trinajstić information content (AvgIpc) is 3.21. The number of nitrogens with one attached hydrogen (secondary N) is 2. The molecule has 314 valence electrons. The molecule has 0 bridgehead atoms. The van der Waals surface area contributed by atoms with Crippen molar-refractivity contribution in [2.24, 2.45) is 12.5 Å². The maximum atomic E-state index is 16.2. The van der Waals surface area contributed by atoms with Crippen LogP contribution in [0.4, 0.5) is 26.0 Å². The summed E-state index contributed by atoms with van der Waals surface area (Å²) in [5, 5.41) is 7.16. The zero-order chi connectivity index (χ0) is 41.5. The number of hydrogen-bond acceptors (Lipinski definition) is 10. The number of unbranched alkanes of at least 4 members (excludes halogenated alkanes) is 1. The number of imide groups is 1. The molecule has 59 heavy (non-hydrogen) atoms. The molecular weight excluding hydrogens is 757 g/mol. The first-order valence-corrected chi connectivity index (χ1v) is 21.0. The standard InChI is InChI=1S/C45H55F2N7O5/c1-5-6-9-30-35(49-36-12-13-41(55)50-42(36)56)10-7-11-37(30)53-20-14-44(15-21-53)28-52(19-16-45(44,46)47)27-34-38(58-3)22-29(23-39(34)59-4)33-26-51(2)43(57)32-25-48-40(24-31(32)33)54-17-8-18-54/h7,10-11,22-26,36,49H,5-6,8-9,12-21,27-28H2,1-4H3,(H,50,55,56). The minimum absolute atomic E-state index is 0.129. The number of aromatic nitrogens is 2. The number of rotatable bonds is 12. The maximum absolute atomic E-state index is 16.2. The minimum Gasteiger partial charge on any atom is -0.496 e. The Balaban J connectivity index is 1.03. The molecule has 8 rings (SSSR count). The number of ether oxygens (including phenoxy) is 2. The number of nitrogens with zero attached hydrogens (tertiary/aromatic N) is 5. The summed E-state index contributed by atoms with van der Waals surface area (Å²) >= 11 is 0. The molecule has 2 aromatic heterocycles. The van der Waals surface area contributed by atoms with Gasteiger partial charge in [0.1, 0.15) is 23.4 Å². The van der Waals surface area contributed by atoms with Crippen LogP contribution in [0.1, 0.15) is 69.4 Å². The number of aryl methyl sites for hydroxylation is 1. The summed E-state index contributed by atoms with van der Waals surface area (Å²) in [6, 6.07) is 11.4. The molecular formula is C45H55F2N7O5. The summed E-state index contributed by atoms with van der Waals surface area (Å²) in [4.78, 5) is 48.8. The summed E-state index contributed by atoms with van der Waals surface area (Å²) in [6.45, 7) is 5.79. The van der Waals surface area contributed by atoms with Crippen molar-refractivity contribution in [1.82, 2.24) is 19.8 Å². The van der Waals surface area contributed by atoms with E-state index >= 15 is 8.78 Å². The van der Waals surface area contributed by atoms with Crippen molar-refractivity contribution in [3.05, 3.63) is 70.3 Å². The molecule has 0 radical (unpaired) electrons. The highest BCUT2D eigenvalue weighted by Gasteiger charge is 2.57. The van der Waals surface area contributed by atoms with Gasteiger partial charge in [-0.3, -0.25) is 24.6 Å². The fourth-order valence-corrected chi connectivity index (χ4v) is 9.48. The first-order chi connectivity index (χ1) is 28.4. The second kappa shape index (κ2) is 16.4. The number of methoxy groups -OCH3 is 2. The molecule has 1 spiro atoms. The number of likely N-dealkylation sites (tertiary alicyclic amines) is 1. The number of fused-ring (bicyclic) bond motifs is 1. The highest BCUT2D eigenvalue weighted by molar-refractivity contribution is 6.01. The van der Waals surface area contributed by atoms with Crippen LogP contribution >= 0.6 is 0 Å². The Hall–Kier alpha value is -5.24. The van der Waals surface area contributed by atoms with Crippen LogP contribution in [-0.2, 0) is 29.6 Å². The van der Waals surface area contributed by atoms with E-state index in [1.54, 1.807) is 32.0 Å². The van der Waals surface area contributed by atoms with Gasteiger partial charge in [-0.05, 0) is 80.0 Å². The van der Waals surface area contributed by atoms with E-state index < -0.39 is 17.4 Å². The van der Waals surface area contributed by atoms with Gasteiger partial charge < -0.3 is 29.2 Å². The molecule has 4 fully saturated rings. The average molecular weight is 812 g/mol. The van der Waals surface area contributed by atoms with Gasteiger partial charge >= 0.3 is 0 Å². The Morgan fingerprint density at radius 1 is 0.932 bits per heavy atom. The van der Waals surface area contributed by atoms with Crippen molar-refractivity contribution in [2.75, 3.05) is 68.6 Å². The van der Waals surface area contributed by atoms with Crippen molar-refractivity contribution >= 4 is 39.8 Å². The van der Waals surface area contributed by atoms with Crippen LogP contribution in [0.25, 0.3) is 21.9 Å². The molecule has 1 unspecified atom stereocenters. The molecule has 12 nitrogen and oxygen atoms in total. The molecule has 2 N–H and O–H groups in total. The van der Waals surface area contributed by atoms with Gasteiger partial charge in [0, 0.05) is 100 Å². The van der Waals surface area contributed by atoms with Gasteiger partial charge in [0.05, 0.1) is 30.6 Å². The Kier molecular flexibility index (Phi) is 11.3. The van der Waals surface area contributed by atoms with Crippen LogP contribution in [0.2, 0.25) is 0 Å². The van der Waals surface area contributed by atoms with Crippen LogP contribution < -0.4 is 35.5 Å². The third kappa shape index (κ3) is 7.71. The van der Waals surface area contributed by atoms with Crippen molar-refractivity contribution in [1.29, 1.82) is 0 Å². The lowest BCUT2D eigenvalue weighted by Gasteiger charge is -2.52. The third-order valence-electron chi connectivity index (χ3n) is 13.1. The summed E-state index contributed by atoms with van der Waals surface area (Å²) in [7, 11) is 4.95. The van der Waals surface area contributed by atoms with Gasteiger partial charge in [0.25, 0.3) is 11.5 Å². The predicted molar refractivity (Wildman–Crippen MR) is 226 cm³/mol. The minimum atomic E-state index is -2.83. The number of pyridine rings is 2. The number of halogens is 2. The molecule has 0 saturated carbocycles. The van der Waals surface area contributed by atoms with Crippen molar-refractivity contribution in [2.45, 2.75) is 83.2 Å². The Labute approximate surface area is 343 Å². The summed E-state index contributed by atoms with van der Waals surface area (Å²) in [5.74, 6) is -1.40. The largest absolute Gasteiger partial charge is 0.496 e. The molecule has 14 heteroatoms. The smallest absolute Gasteiger partial charge is 0.259 e. The van der Waals surface area contributed by atoms with Gasteiger partial charge in [-0.25, -0.2) is 13.8 Å².